The third-order valence-corrected chi connectivity index (χ3v) is 5.57. The van der Waals surface area contributed by atoms with Gasteiger partial charge in [0.1, 0.15) is 5.56 Å². The van der Waals surface area contributed by atoms with Gasteiger partial charge < -0.3 is 24.1 Å². The lowest BCUT2D eigenvalue weighted by molar-refractivity contribution is -0.113. The summed E-state index contributed by atoms with van der Waals surface area (Å²) in [4.78, 5) is 12.5. The van der Waals surface area contributed by atoms with Gasteiger partial charge in [-0.1, -0.05) is 11.8 Å². The Kier molecular flexibility index (Phi) is 7.98. The van der Waals surface area contributed by atoms with Gasteiger partial charge in [-0.25, -0.2) is 0 Å². The van der Waals surface area contributed by atoms with E-state index in [2.05, 4.69) is 20.6 Å². The van der Waals surface area contributed by atoms with Gasteiger partial charge in [0.05, 0.1) is 26.6 Å². The Morgan fingerprint density at radius 3 is 2.53 bits per heavy atom. The second kappa shape index (κ2) is 10.9. The van der Waals surface area contributed by atoms with Gasteiger partial charge in [0.25, 0.3) is 0 Å². The van der Waals surface area contributed by atoms with Crippen LogP contribution in [0.3, 0.4) is 0 Å². The van der Waals surface area contributed by atoms with Crippen molar-refractivity contribution >= 4 is 23.4 Å². The van der Waals surface area contributed by atoms with E-state index in [0.29, 0.717) is 47.2 Å². The van der Waals surface area contributed by atoms with E-state index in [1.807, 2.05) is 31.5 Å². The highest BCUT2D eigenvalue weighted by molar-refractivity contribution is 7.99. The van der Waals surface area contributed by atoms with Crippen LogP contribution in [0.4, 0.5) is 5.69 Å². The average Bonchev–Trinajstić information content (AvgIpc) is 3.40. The zero-order chi connectivity index (χ0) is 23.1. The van der Waals surface area contributed by atoms with E-state index in [0.717, 1.165) is 12.1 Å². The molecule has 11 heteroatoms. The van der Waals surface area contributed by atoms with Crippen LogP contribution in [0.25, 0.3) is 11.4 Å². The van der Waals surface area contributed by atoms with E-state index >= 15 is 0 Å². The molecule has 0 aliphatic carbocycles. The number of benzene rings is 1. The molecule has 0 aliphatic heterocycles. The molecular formula is C21H28N6O4S. The fraction of sp³-hybridized carbons (Fsp3) is 0.429. The molecule has 1 N–H and O–H groups in total. The number of aryl methyl sites for hydroxylation is 1. The minimum atomic E-state index is -0.164. The topological polar surface area (TPSA) is 105 Å². The van der Waals surface area contributed by atoms with Crippen LogP contribution < -0.4 is 19.5 Å². The minimum absolute atomic E-state index is 0.164. The summed E-state index contributed by atoms with van der Waals surface area (Å²) in [7, 11) is 3.12. The predicted molar refractivity (Wildman–Crippen MR) is 123 cm³/mol. The van der Waals surface area contributed by atoms with Crippen molar-refractivity contribution in [3.05, 3.63) is 24.4 Å². The summed E-state index contributed by atoms with van der Waals surface area (Å²) in [5.74, 6) is 2.35. The van der Waals surface area contributed by atoms with E-state index < -0.39 is 0 Å². The van der Waals surface area contributed by atoms with Crippen molar-refractivity contribution in [2.24, 2.45) is 0 Å². The monoisotopic (exact) mass is 460 g/mol. The van der Waals surface area contributed by atoms with Crippen molar-refractivity contribution in [3.63, 3.8) is 0 Å². The van der Waals surface area contributed by atoms with Crippen molar-refractivity contribution in [2.75, 3.05) is 31.9 Å². The summed E-state index contributed by atoms with van der Waals surface area (Å²) in [5, 5.41) is 16.6. The van der Waals surface area contributed by atoms with Crippen LogP contribution in [0.2, 0.25) is 0 Å². The molecule has 32 heavy (non-hydrogen) atoms. The van der Waals surface area contributed by atoms with Gasteiger partial charge in [-0.05, 0) is 32.9 Å². The molecule has 0 spiro atoms. The number of methoxy groups -OCH3 is 2. The van der Waals surface area contributed by atoms with Gasteiger partial charge in [-0.3, -0.25) is 9.48 Å². The van der Waals surface area contributed by atoms with E-state index in [1.54, 1.807) is 37.1 Å². The highest BCUT2D eigenvalue weighted by Crippen LogP contribution is 2.31. The van der Waals surface area contributed by atoms with Gasteiger partial charge in [0, 0.05) is 31.0 Å². The van der Waals surface area contributed by atoms with Gasteiger partial charge in [-0.2, -0.15) is 0 Å². The number of amides is 1. The zero-order valence-corrected chi connectivity index (χ0v) is 19.7. The van der Waals surface area contributed by atoms with Crippen molar-refractivity contribution in [1.82, 2.24) is 24.5 Å². The highest BCUT2D eigenvalue weighted by Gasteiger charge is 2.21. The van der Waals surface area contributed by atoms with E-state index in [-0.39, 0.29) is 11.7 Å². The normalized spacial score (nSPS) is 10.8. The van der Waals surface area contributed by atoms with Crippen LogP contribution in [0.15, 0.2) is 29.6 Å². The molecule has 0 unspecified atom stereocenters. The second-order valence-electron chi connectivity index (χ2n) is 6.59. The standard InChI is InChI=1S/C21H28N6O4S/c1-6-26-12-15(20(25-26)31-8-3)19-23-24-21(27(19)7-2)32-13-18(28)22-14-9-10-16(29-4)17(11-14)30-5/h9-12H,6-8,13H2,1-5H3,(H,22,28). The van der Waals surface area contributed by atoms with Crippen molar-refractivity contribution in [2.45, 2.75) is 39.0 Å². The summed E-state index contributed by atoms with van der Waals surface area (Å²) in [6, 6.07) is 5.22. The molecule has 0 fully saturated rings. The second-order valence-corrected chi connectivity index (χ2v) is 7.54. The molecule has 0 saturated carbocycles. The summed E-state index contributed by atoms with van der Waals surface area (Å²) in [5.41, 5.74) is 1.41. The summed E-state index contributed by atoms with van der Waals surface area (Å²) in [6.45, 7) is 7.80. The number of ether oxygens (including phenoxy) is 3. The molecule has 3 aromatic rings. The van der Waals surface area contributed by atoms with Crippen LogP contribution >= 0.6 is 11.8 Å². The molecular weight excluding hydrogens is 432 g/mol. The summed E-state index contributed by atoms with van der Waals surface area (Å²) < 4.78 is 19.9. The number of thioether (sulfide) groups is 1. The Bertz CT molecular complexity index is 1060. The molecule has 172 valence electrons. The molecule has 3 rings (SSSR count). The largest absolute Gasteiger partial charge is 0.493 e. The lowest BCUT2D eigenvalue weighted by atomic mass is 10.2. The van der Waals surface area contributed by atoms with E-state index in [9.17, 15) is 4.79 Å². The third kappa shape index (κ3) is 5.16. The first-order chi connectivity index (χ1) is 15.5. The molecule has 2 heterocycles. The summed E-state index contributed by atoms with van der Waals surface area (Å²) in [6.07, 6.45) is 1.90. The molecule has 10 nitrogen and oxygen atoms in total. The van der Waals surface area contributed by atoms with E-state index in [1.165, 1.54) is 11.8 Å². The number of carbonyl (C=O) groups is 1. The number of nitrogens with zero attached hydrogens (tertiary/aromatic N) is 5. The van der Waals surface area contributed by atoms with Crippen LogP contribution in [0.5, 0.6) is 17.4 Å². The number of anilines is 1. The lowest BCUT2D eigenvalue weighted by Gasteiger charge is -2.11. The molecule has 2 aromatic heterocycles. The fourth-order valence-electron chi connectivity index (χ4n) is 3.08. The molecule has 0 atom stereocenters. The van der Waals surface area contributed by atoms with Gasteiger partial charge >= 0.3 is 0 Å². The van der Waals surface area contributed by atoms with Gasteiger partial charge in [-0.15, -0.1) is 15.3 Å². The number of rotatable bonds is 11. The van der Waals surface area contributed by atoms with Crippen molar-refractivity contribution in [3.8, 4) is 28.8 Å². The molecule has 0 saturated heterocycles. The van der Waals surface area contributed by atoms with E-state index in [4.69, 9.17) is 14.2 Å². The van der Waals surface area contributed by atoms with Crippen LogP contribution in [-0.2, 0) is 17.9 Å². The Hall–Kier alpha value is -3.21. The number of hydrogen-bond donors (Lipinski definition) is 1. The highest BCUT2D eigenvalue weighted by atomic mass is 32.2. The maximum atomic E-state index is 12.5. The first-order valence-corrected chi connectivity index (χ1v) is 11.3. The first kappa shape index (κ1) is 23.5. The Morgan fingerprint density at radius 1 is 1.09 bits per heavy atom. The Labute approximate surface area is 191 Å². The predicted octanol–water partition coefficient (Wildman–Crippen LogP) is 3.33. The van der Waals surface area contributed by atoms with Crippen LogP contribution in [-0.4, -0.2) is 57.0 Å². The molecule has 0 aliphatic rings. The number of hydrogen-bond acceptors (Lipinski definition) is 8. The minimum Gasteiger partial charge on any atom is -0.493 e. The average molecular weight is 461 g/mol. The third-order valence-electron chi connectivity index (χ3n) is 4.61. The van der Waals surface area contributed by atoms with Crippen LogP contribution in [0.1, 0.15) is 20.8 Å². The van der Waals surface area contributed by atoms with Crippen molar-refractivity contribution < 1.29 is 19.0 Å². The number of nitrogens with one attached hydrogen (secondary N) is 1. The molecule has 0 radical (unpaired) electrons. The zero-order valence-electron chi connectivity index (χ0n) is 18.9. The number of aromatic nitrogens is 5. The van der Waals surface area contributed by atoms with Crippen molar-refractivity contribution in [1.29, 1.82) is 0 Å². The lowest BCUT2D eigenvalue weighted by Crippen LogP contribution is -2.14. The Morgan fingerprint density at radius 2 is 1.88 bits per heavy atom. The fourth-order valence-corrected chi connectivity index (χ4v) is 3.89. The van der Waals surface area contributed by atoms with Crippen LogP contribution in [0, 0.1) is 0 Å². The molecule has 1 aromatic carbocycles. The molecule has 0 bridgehead atoms. The smallest absolute Gasteiger partial charge is 0.243 e. The first-order valence-electron chi connectivity index (χ1n) is 10.3. The van der Waals surface area contributed by atoms with Gasteiger partial charge in [0.2, 0.25) is 11.8 Å². The number of carbonyl (C=O) groups excluding carboxylic acids is 1. The maximum Gasteiger partial charge on any atom is 0.243 e. The van der Waals surface area contributed by atoms with Gasteiger partial charge in [0.15, 0.2) is 22.5 Å². The quantitative estimate of drug-likeness (QED) is 0.435. The Balaban J connectivity index is 1.72. The SMILES string of the molecule is CCOc1nn(CC)cc1-c1nnc(SCC(=O)Nc2ccc(OC)c(OC)c2)n1CC. The summed E-state index contributed by atoms with van der Waals surface area (Å²) >= 11 is 1.32. The molecule has 1 amide bonds. The maximum absolute atomic E-state index is 12.5.